The summed E-state index contributed by atoms with van der Waals surface area (Å²) < 4.78 is 10.7. The van der Waals surface area contributed by atoms with Gasteiger partial charge in [0.25, 0.3) is 0 Å². The van der Waals surface area contributed by atoms with E-state index in [-0.39, 0.29) is 0 Å². The summed E-state index contributed by atoms with van der Waals surface area (Å²) >= 11 is 3.66. The Bertz CT molecular complexity index is 788. The molecule has 0 N–H and O–H groups in total. The van der Waals surface area contributed by atoms with Crippen molar-refractivity contribution in [3.63, 3.8) is 0 Å². The van der Waals surface area contributed by atoms with Gasteiger partial charge in [0.2, 0.25) is 0 Å². The number of hydrogen-bond acceptors (Lipinski definition) is 2. The van der Waals surface area contributed by atoms with E-state index in [1.165, 1.54) is 16.6 Å². The van der Waals surface area contributed by atoms with Crippen molar-refractivity contribution in [1.29, 1.82) is 0 Å². The maximum absolute atomic E-state index is 5.28. The lowest BCUT2D eigenvalue weighted by Gasteiger charge is -2.09. The molecule has 21 heavy (non-hydrogen) atoms. The van der Waals surface area contributed by atoms with Crippen LogP contribution in [0.25, 0.3) is 10.9 Å². The first-order valence-electron chi connectivity index (χ1n) is 6.98. The largest absolute Gasteiger partial charge is 0.497 e. The number of hydrogen-bond donors (Lipinski definition) is 0. The molecule has 0 aliphatic carbocycles. The average Bonchev–Trinajstić information content (AvgIpc) is 3.02. The minimum Gasteiger partial charge on any atom is -0.497 e. The molecule has 0 unspecified atom stereocenters. The fraction of sp³-hybridized carbons (Fsp3) is 0.312. The van der Waals surface area contributed by atoms with Gasteiger partial charge in [0.05, 0.1) is 29.5 Å². The van der Waals surface area contributed by atoms with Gasteiger partial charge in [-0.05, 0) is 54.0 Å². The van der Waals surface area contributed by atoms with E-state index >= 15 is 0 Å². The third kappa shape index (κ3) is 2.46. The number of methoxy groups -OCH3 is 1. The predicted octanol–water partition coefficient (Wildman–Crippen LogP) is 3.99. The van der Waals surface area contributed by atoms with Gasteiger partial charge >= 0.3 is 0 Å². The van der Waals surface area contributed by atoms with Crippen LogP contribution >= 0.6 is 15.9 Å². The first kappa shape index (κ1) is 14.2. The molecule has 0 fully saturated rings. The number of ether oxygens (including phenoxy) is 1. The molecule has 4 nitrogen and oxygen atoms in total. The van der Waals surface area contributed by atoms with Gasteiger partial charge in [-0.3, -0.25) is 4.68 Å². The fourth-order valence-electron chi connectivity index (χ4n) is 2.62. The van der Waals surface area contributed by atoms with Gasteiger partial charge in [0, 0.05) is 23.6 Å². The van der Waals surface area contributed by atoms with Crippen molar-refractivity contribution in [2.24, 2.45) is 0 Å². The fourth-order valence-corrected chi connectivity index (χ4v) is 3.03. The molecule has 0 bridgehead atoms. The molecule has 3 rings (SSSR count). The minimum atomic E-state index is 0.797. The van der Waals surface area contributed by atoms with Gasteiger partial charge in [-0.1, -0.05) is 0 Å². The van der Waals surface area contributed by atoms with Crippen molar-refractivity contribution < 1.29 is 4.74 Å². The summed E-state index contributed by atoms with van der Waals surface area (Å²) in [5.74, 6) is 0.885. The summed E-state index contributed by atoms with van der Waals surface area (Å²) in [5.41, 5.74) is 3.43. The zero-order chi connectivity index (χ0) is 15.0. The molecule has 0 radical (unpaired) electrons. The molecule has 110 valence electrons. The van der Waals surface area contributed by atoms with Crippen LogP contribution in [0.4, 0.5) is 0 Å². The first-order valence-corrected chi connectivity index (χ1v) is 7.78. The molecule has 2 aromatic heterocycles. The number of halogens is 1. The van der Waals surface area contributed by atoms with Crippen molar-refractivity contribution >= 4 is 26.8 Å². The third-order valence-electron chi connectivity index (χ3n) is 3.75. The topological polar surface area (TPSA) is 32.0 Å². The van der Waals surface area contributed by atoms with Crippen molar-refractivity contribution in [1.82, 2.24) is 14.3 Å². The molecule has 0 aliphatic heterocycles. The van der Waals surface area contributed by atoms with Crippen LogP contribution < -0.4 is 4.74 Å². The van der Waals surface area contributed by atoms with E-state index in [9.17, 15) is 0 Å². The second-order valence-corrected chi connectivity index (χ2v) is 5.82. The number of fused-ring (bicyclic) bond motifs is 1. The van der Waals surface area contributed by atoms with E-state index in [1.54, 1.807) is 7.11 Å². The minimum absolute atomic E-state index is 0.797. The summed E-state index contributed by atoms with van der Waals surface area (Å²) in [5, 5.41) is 5.74. The number of aryl methyl sites for hydroxylation is 2. The lowest BCUT2D eigenvalue weighted by atomic mass is 10.2. The van der Waals surface area contributed by atoms with Gasteiger partial charge in [-0.25, -0.2) is 0 Å². The summed E-state index contributed by atoms with van der Waals surface area (Å²) in [6.45, 7) is 5.80. The highest BCUT2D eigenvalue weighted by atomic mass is 79.9. The molecule has 5 heteroatoms. The van der Waals surface area contributed by atoms with Gasteiger partial charge in [-0.15, -0.1) is 0 Å². The SMILES string of the molecule is CCn1nc(C)c(Br)c1Cn1ccc2cc(OC)ccc21. The Balaban J connectivity index is 2.02. The Morgan fingerprint density at radius 3 is 2.81 bits per heavy atom. The smallest absolute Gasteiger partial charge is 0.119 e. The number of rotatable bonds is 4. The number of aromatic nitrogens is 3. The molecule has 0 saturated carbocycles. The van der Waals surface area contributed by atoms with Crippen LogP contribution in [-0.2, 0) is 13.1 Å². The molecule has 0 amide bonds. The molecule has 0 spiro atoms. The lowest BCUT2D eigenvalue weighted by molar-refractivity contribution is 0.415. The van der Waals surface area contributed by atoms with Gasteiger partial charge in [-0.2, -0.15) is 5.10 Å². The maximum atomic E-state index is 5.28. The standard InChI is InChI=1S/C16H18BrN3O/c1-4-20-15(16(17)11(2)18-20)10-19-8-7-12-9-13(21-3)5-6-14(12)19/h5-9H,4,10H2,1-3H3. The Kier molecular flexibility index (Phi) is 3.76. The van der Waals surface area contributed by atoms with E-state index in [0.717, 1.165) is 29.0 Å². The monoisotopic (exact) mass is 347 g/mol. The van der Waals surface area contributed by atoms with Gasteiger partial charge in [0.1, 0.15) is 5.75 Å². The molecule has 3 aromatic rings. The zero-order valence-corrected chi connectivity index (χ0v) is 14.0. The Morgan fingerprint density at radius 2 is 2.10 bits per heavy atom. The second-order valence-electron chi connectivity index (χ2n) is 5.03. The van der Waals surface area contributed by atoms with Crippen LogP contribution in [-0.4, -0.2) is 21.5 Å². The van der Waals surface area contributed by atoms with E-state index in [4.69, 9.17) is 4.74 Å². The van der Waals surface area contributed by atoms with E-state index < -0.39 is 0 Å². The molecule has 0 atom stereocenters. The predicted molar refractivity (Wildman–Crippen MR) is 87.9 cm³/mol. The second kappa shape index (κ2) is 5.56. The molecule has 0 aliphatic rings. The van der Waals surface area contributed by atoms with Crippen molar-refractivity contribution in [3.05, 3.63) is 46.3 Å². The Hall–Kier alpha value is -1.75. The molecular formula is C16H18BrN3O. The number of nitrogens with zero attached hydrogens (tertiary/aromatic N) is 3. The molecule has 1 aromatic carbocycles. The lowest BCUT2D eigenvalue weighted by Crippen LogP contribution is -2.07. The zero-order valence-electron chi connectivity index (χ0n) is 12.4. The van der Waals surface area contributed by atoms with Crippen molar-refractivity contribution in [2.75, 3.05) is 7.11 Å². The van der Waals surface area contributed by atoms with Crippen LogP contribution in [0.15, 0.2) is 34.9 Å². The average molecular weight is 348 g/mol. The quantitative estimate of drug-likeness (QED) is 0.714. The summed E-state index contributed by atoms with van der Waals surface area (Å²) in [4.78, 5) is 0. The van der Waals surface area contributed by atoms with Crippen LogP contribution in [0.2, 0.25) is 0 Å². The van der Waals surface area contributed by atoms with Gasteiger partial charge < -0.3 is 9.30 Å². The van der Waals surface area contributed by atoms with Crippen LogP contribution in [0.3, 0.4) is 0 Å². The highest BCUT2D eigenvalue weighted by Crippen LogP contribution is 2.26. The highest BCUT2D eigenvalue weighted by Gasteiger charge is 2.13. The Labute approximate surface area is 132 Å². The maximum Gasteiger partial charge on any atom is 0.119 e. The van der Waals surface area contributed by atoms with Crippen LogP contribution in [0, 0.1) is 6.92 Å². The molecule has 0 saturated heterocycles. The van der Waals surface area contributed by atoms with Crippen LogP contribution in [0.1, 0.15) is 18.3 Å². The first-order chi connectivity index (χ1) is 10.1. The molecule has 2 heterocycles. The van der Waals surface area contributed by atoms with E-state index in [0.29, 0.717) is 0 Å². The van der Waals surface area contributed by atoms with Gasteiger partial charge in [0.15, 0.2) is 0 Å². The van der Waals surface area contributed by atoms with Crippen molar-refractivity contribution in [3.8, 4) is 5.75 Å². The highest BCUT2D eigenvalue weighted by molar-refractivity contribution is 9.10. The summed E-state index contributed by atoms with van der Waals surface area (Å²) in [7, 11) is 1.69. The Morgan fingerprint density at radius 1 is 1.29 bits per heavy atom. The number of benzene rings is 1. The van der Waals surface area contributed by atoms with E-state index in [1.807, 2.05) is 13.0 Å². The summed E-state index contributed by atoms with van der Waals surface area (Å²) in [6.07, 6.45) is 2.11. The van der Waals surface area contributed by atoms with Crippen LogP contribution in [0.5, 0.6) is 5.75 Å². The molecular weight excluding hydrogens is 330 g/mol. The summed E-state index contributed by atoms with van der Waals surface area (Å²) in [6, 6.07) is 8.27. The third-order valence-corrected chi connectivity index (χ3v) is 4.78. The van der Waals surface area contributed by atoms with Crippen molar-refractivity contribution in [2.45, 2.75) is 26.9 Å². The van der Waals surface area contributed by atoms with E-state index in [2.05, 4.69) is 61.6 Å². The normalized spacial score (nSPS) is 11.2.